The Morgan fingerprint density at radius 2 is 1.58 bits per heavy atom. The number of nitrogens with zero attached hydrogens (tertiary/aromatic N) is 2. The summed E-state index contributed by atoms with van der Waals surface area (Å²) in [7, 11) is -1.90. The molecule has 140 valence electrons. The van der Waals surface area contributed by atoms with Crippen LogP contribution in [0.3, 0.4) is 0 Å². The van der Waals surface area contributed by atoms with Crippen molar-refractivity contribution in [2.24, 2.45) is 0 Å². The van der Waals surface area contributed by atoms with Gasteiger partial charge in [-0.1, -0.05) is 12.1 Å². The van der Waals surface area contributed by atoms with Gasteiger partial charge >= 0.3 is 0 Å². The molecule has 1 saturated heterocycles. The molecular weight excluding hydrogens is 352 g/mol. The van der Waals surface area contributed by atoms with Crippen molar-refractivity contribution in [3.8, 4) is 11.5 Å². The average molecular weight is 376 g/mol. The fourth-order valence-corrected chi connectivity index (χ4v) is 4.46. The standard InChI is InChI=1S/C19H24N2O4S/c1-25-18-6-8-19(9-7-18)26(23,24)21-14-12-20(13-15-21)11-10-16-2-4-17(22)5-3-16/h2-9,22H,10-15H2,1H3. The Balaban J connectivity index is 1.54. The fraction of sp³-hybridized carbons (Fsp3) is 0.368. The Hall–Kier alpha value is -2.09. The van der Waals surface area contributed by atoms with E-state index in [0.29, 0.717) is 36.8 Å². The number of rotatable bonds is 6. The van der Waals surface area contributed by atoms with E-state index in [1.165, 1.54) is 0 Å². The summed E-state index contributed by atoms with van der Waals surface area (Å²) in [5.41, 5.74) is 1.16. The van der Waals surface area contributed by atoms with Crippen LogP contribution in [0.4, 0.5) is 0 Å². The van der Waals surface area contributed by atoms with Gasteiger partial charge in [-0.2, -0.15) is 4.31 Å². The molecule has 0 atom stereocenters. The highest BCUT2D eigenvalue weighted by Gasteiger charge is 2.28. The van der Waals surface area contributed by atoms with Crippen LogP contribution in [-0.4, -0.2) is 62.6 Å². The van der Waals surface area contributed by atoms with Crippen molar-refractivity contribution in [1.82, 2.24) is 9.21 Å². The van der Waals surface area contributed by atoms with Gasteiger partial charge in [0, 0.05) is 32.7 Å². The molecule has 0 unspecified atom stereocenters. The Morgan fingerprint density at radius 1 is 0.962 bits per heavy atom. The van der Waals surface area contributed by atoms with Crippen LogP contribution in [0.2, 0.25) is 0 Å². The zero-order chi connectivity index (χ0) is 18.6. The largest absolute Gasteiger partial charge is 0.508 e. The van der Waals surface area contributed by atoms with Crippen molar-refractivity contribution >= 4 is 10.0 Å². The molecule has 2 aromatic rings. The molecule has 0 aromatic heterocycles. The Morgan fingerprint density at radius 3 is 2.15 bits per heavy atom. The molecule has 1 N–H and O–H groups in total. The predicted octanol–water partition coefficient (Wildman–Crippen LogP) is 1.95. The molecule has 0 radical (unpaired) electrons. The van der Waals surface area contributed by atoms with Gasteiger partial charge in [-0.25, -0.2) is 8.42 Å². The number of aromatic hydroxyl groups is 1. The van der Waals surface area contributed by atoms with Gasteiger partial charge in [0.15, 0.2) is 0 Å². The number of phenolic OH excluding ortho intramolecular Hbond substituents is 1. The zero-order valence-corrected chi connectivity index (χ0v) is 15.7. The summed E-state index contributed by atoms with van der Waals surface area (Å²) in [5.74, 6) is 0.911. The molecule has 1 aliphatic rings. The first-order valence-electron chi connectivity index (χ1n) is 8.63. The molecule has 26 heavy (non-hydrogen) atoms. The molecule has 0 bridgehead atoms. The highest BCUT2D eigenvalue weighted by molar-refractivity contribution is 7.89. The summed E-state index contributed by atoms with van der Waals surface area (Å²) < 4.78 is 32.1. The van der Waals surface area contributed by atoms with Gasteiger partial charge in [0.2, 0.25) is 10.0 Å². The van der Waals surface area contributed by atoms with E-state index in [9.17, 15) is 13.5 Å². The monoisotopic (exact) mass is 376 g/mol. The predicted molar refractivity (Wildman–Crippen MR) is 100 cm³/mol. The first kappa shape index (κ1) is 18.7. The van der Waals surface area contributed by atoms with Gasteiger partial charge in [0.25, 0.3) is 0 Å². The van der Waals surface area contributed by atoms with E-state index < -0.39 is 10.0 Å². The van der Waals surface area contributed by atoms with Crippen LogP contribution in [0.5, 0.6) is 11.5 Å². The minimum Gasteiger partial charge on any atom is -0.508 e. The molecule has 2 aromatic carbocycles. The number of sulfonamides is 1. The van der Waals surface area contributed by atoms with Crippen molar-refractivity contribution in [2.75, 3.05) is 39.8 Å². The Bertz CT molecular complexity index is 812. The molecule has 6 nitrogen and oxygen atoms in total. The third kappa shape index (κ3) is 4.35. The number of benzene rings is 2. The summed E-state index contributed by atoms with van der Waals surface area (Å²) in [5, 5.41) is 9.32. The second-order valence-electron chi connectivity index (χ2n) is 6.34. The highest BCUT2D eigenvalue weighted by atomic mass is 32.2. The minimum absolute atomic E-state index is 0.270. The smallest absolute Gasteiger partial charge is 0.243 e. The molecule has 0 spiro atoms. The lowest BCUT2D eigenvalue weighted by Gasteiger charge is -2.34. The number of ether oxygens (including phenoxy) is 1. The molecule has 1 aliphatic heterocycles. The maximum atomic E-state index is 12.7. The lowest BCUT2D eigenvalue weighted by Crippen LogP contribution is -2.48. The van der Waals surface area contributed by atoms with E-state index >= 15 is 0 Å². The van der Waals surface area contributed by atoms with Gasteiger partial charge in [-0.3, -0.25) is 0 Å². The van der Waals surface area contributed by atoms with Gasteiger partial charge in [-0.15, -0.1) is 0 Å². The summed E-state index contributed by atoms with van der Waals surface area (Å²) in [6.45, 7) is 3.29. The number of hydrogen-bond acceptors (Lipinski definition) is 5. The second kappa shape index (κ2) is 8.07. The lowest BCUT2D eigenvalue weighted by atomic mass is 10.1. The van der Waals surface area contributed by atoms with E-state index in [0.717, 1.165) is 18.5 Å². The van der Waals surface area contributed by atoms with Crippen LogP contribution in [0.1, 0.15) is 5.56 Å². The summed E-state index contributed by atoms with van der Waals surface area (Å²) in [4.78, 5) is 2.57. The van der Waals surface area contributed by atoms with Crippen LogP contribution in [-0.2, 0) is 16.4 Å². The van der Waals surface area contributed by atoms with Crippen molar-refractivity contribution in [3.05, 3.63) is 54.1 Å². The second-order valence-corrected chi connectivity index (χ2v) is 8.28. The van der Waals surface area contributed by atoms with Crippen LogP contribution < -0.4 is 4.74 Å². The third-order valence-corrected chi connectivity index (χ3v) is 6.59. The molecular formula is C19H24N2O4S. The van der Waals surface area contributed by atoms with E-state index in [4.69, 9.17) is 4.74 Å². The van der Waals surface area contributed by atoms with E-state index in [1.807, 2.05) is 12.1 Å². The van der Waals surface area contributed by atoms with Crippen LogP contribution in [0.15, 0.2) is 53.4 Å². The highest BCUT2D eigenvalue weighted by Crippen LogP contribution is 2.21. The lowest BCUT2D eigenvalue weighted by molar-refractivity contribution is 0.190. The zero-order valence-electron chi connectivity index (χ0n) is 14.8. The quantitative estimate of drug-likeness (QED) is 0.834. The Labute approximate surface area is 154 Å². The molecule has 0 amide bonds. The van der Waals surface area contributed by atoms with Crippen molar-refractivity contribution < 1.29 is 18.3 Å². The van der Waals surface area contributed by atoms with Crippen molar-refractivity contribution in [2.45, 2.75) is 11.3 Å². The number of piperazine rings is 1. The minimum atomic E-state index is -3.46. The number of methoxy groups -OCH3 is 1. The maximum Gasteiger partial charge on any atom is 0.243 e. The van der Waals surface area contributed by atoms with Crippen molar-refractivity contribution in [3.63, 3.8) is 0 Å². The summed E-state index contributed by atoms with van der Waals surface area (Å²) in [6, 6.07) is 13.7. The number of hydrogen-bond donors (Lipinski definition) is 1. The van der Waals surface area contributed by atoms with E-state index in [2.05, 4.69) is 4.90 Å². The fourth-order valence-electron chi connectivity index (χ4n) is 3.04. The van der Waals surface area contributed by atoms with Gasteiger partial charge in [-0.05, 0) is 48.4 Å². The first-order chi connectivity index (χ1) is 12.5. The SMILES string of the molecule is COc1ccc(S(=O)(=O)N2CCN(CCc3ccc(O)cc3)CC2)cc1. The summed E-state index contributed by atoms with van der Waals surface area (Å²) in [6.07, 6.45) is 0.880. The van der Waals surface area contributed by atoms with Crippen molar-refractivity contribution in [1.29, 1.82) is 0 Å². The topological polar surface area (TPSA) is 70.1 Å². The van der Waals surface area contributed by atoms with Crippen LogP contribution in [0.25, 0.3) is 0 Å². The molecule has 1 fully saturated rings. The molecule has 1 heterocycles. The number of phenols is 1. The third-order valence-electron chi connectivity index (χ3n) is 4.68. The first-order valence-corrected chi connectivity index (χ1v) is 10.1. The van der Waals surface area contributed by atoms with Crippen LogP contribution in [0, 0.1) is 0 Å². The van der Waals surface area contributed by atoms with Gasteiger partial charge in [0.1, 0.15) is 11.5 Å². The normalized spacial score (nSPS) is 16.5. The average Bonchev–Trinajstić information content (AvgIpc) is 2.68. The van der Waals surface area contributed by atoms with Gasteiger partial charge < -0.3 is 14.7 Å². The molecule has 0 aliphatic carbocycles. The molecule has 3 rings (SSSR count). The van der Waals surface area contributed by atoms with Gasteiger partial charge in [0.05, 0.1) is 12.0 Å². The summed E-state index contributed by atoms with van der Waals surface area (Å²) >= 11 is 0. The maximum absolute atomic E-state index is 12.7. The van der Waals surface area contributed by atoms with E-state index in [1.54, 1.807) is 47.8 Å². The van der Waals surface area contributed by atoms with E-state index in [-0.39, 0.29) is 5.75 Å². The van der Waals surface area contributed by atoms with Crippen LogP contribution >= 0.6 is 0 Å². The Kier molecular flexibility index (Phi) is 5.80. The molecule has 7 heteroatoms. The molecule has 0 saturated carbocycles.